The van der Waals surface area contributed by atoms with Gasteiger partial charge in [-0.3, -0.25) is 9.59 Å². The Labute approximate surface area is 198 Å². The van der Waals surface area contributed by atoms with Gasteiger partial charge in [0.1, 0.15) is 13.1 Å². The number of carbonyl (C=O) groups excluding carboxylic acids is 2. The molecule has 10 nitrogen and oxygen atoms in total. The van der Waals surface area contributed by atoms with Gasteiger partial charge in [0.05, 0.1) is 22.8 Å². The molecule has 2 aliphatic rings. The lowest BCUT2D eigenvalue weighted by atomic mass is 10.1. The summed E-state index contributed by atoms with van der Waals surface area (Å²) >= 11 is 0. The van der Waals surface area contributed by atoms with Gasteiger partial charge in [-0.25, -0.2) is 9.36 Å². The maximum Gasteiger partial charge on any atom is 0.246 e. The van der Waals surface area contributed by atoms with Gasteiger partial charge >= 0.3 is 0 Å². The molecule has 2 amide bonds. The van der Waals surface area contributed by atoms with Crippen molar-refractivity contribution in [2.45, 2.75) is 76.3 Å². The lowest BCUT2D eigenvalue weighted by Crippen LogP contribution is -2.22. The van der Waals surface area contributed by atoms with Crippen LogP contribution in [0.2, 0.25) is 0 Å². The van der Waals surface area contributed by atoms with E-state index in [0.717, 1.165) is 37.1 Å². The number of rotatable bonds is 8. The van der Waals surface area contributed by atoms with Crippen LogP contribution >= 0.6 is 0 Å². The fourth-order valence-electron chi connectivity index (χ4n) is 4.97. The average molecular weight is 463 g/mol. The normalized spacial score (nSPS) is 16.7. The number of hydrogen-bond donors (Lipinski definition) is 2. The highest BCUT2D eigenvalue weighted by molar-refractivity contribution is 5.99. The summed E-state index contributed by atoms with van der Waals surface area (Å²) in [6.07, 6.45) is 13.1. The number of nitrogens with zero attached hydrogens (tertiary/aromatic N) is 6. The van der Waals surface area contributed by atoms with Crippen molar-refractivity contribution in [1.82, 2.24) is 30.0 Å². The van der Waals surface area contributed by atoms with Crippen LogP contribution in [-0.2, 0) is 22.7 Å². The smallest absolute Gasteiger partial charge is 0.246 e. The predicted octanol–water partition coefficient (Wildman–Crippen LogP) is 3.46. The third-order valence-electron chi connectivity index (χ3n) is 6.75. The largest absolute Gasteiger partial charge is 0.323 e. The first kappa shape index (κ1) is 22.2. The van der Waals surface area contributed by atoms with Gasteiger partial charge in [-0.2, -0.15) is 0 Å². The van der Waals surface area contributed by atoms with Crippen molar-refractivity contribution in [1.29, 1.82) is 0 Å². The van der Waals surface area contributed by atoms with E-state index in [1.807, 2.05) is 24.5 Å². The van der Waals surface area contributed by atoms with Crippen LogP contribution in [0.3, 0.4) is 0 Å². The molecule has 1 aromatic carbocycles. The van der Waals surface area contributed by atoms with Gasteiger partial charge in [0, 0.05) is 24.2 Å². The zero-order chi connectivity index (χ0) is 23.3. The van der Waals surface area contributed by atoms with Gasteiger partial charge < -0.3 is 10.6 Å². The SMILES string of the molecule is O=C(Cn1cc(C2CCCC2)nn1)Nc1ccccc1NC(=O)Cn1cc(C2CCCC2)nn1. The minimum Gasteiger partial charge on any atom is -0.323 e. The van der Waals surface area contributed by atoms with E-state index in [1.165, 1.54) is 25.7 Å². The Morgan fingerprint density at radius 2 is 1.15 bits per heavy atom. The third kappa shape index (κ3) is 5.32. The van der Waals surface area contributed by atoms with Gasteiger partial charge in [0.2, 0.25) is 11.8 Å². The second kappa shape index (κ2) is 10.1. The molecule has 2 N–H and O–H groups in total. The molecule has 0 saturated heterocycles. The van der Waals surface area contributed by atoms with Crippen LogP contribution in [0.5, 0.6) is 0 Å². The number of anilines is 2. The molecule has 0 radical (unpaired) electrons. The maximum absolute atomic E-state index is 12.6. The molecule has 2 saturated carbocycles. The minimum atomic E-state index is -0.234. The van der Waals surface area contributed by atoms with Gasteiger partial charge in [0.15, 0.2) is 0 Å². The topological polar surface area (TPSA) is 120 Å². The van der Waals surface area contributed by atoms with E-state index in [4.69, 9.17) is 0 Å². The molecule has 5 rings (SSSR count). The van der Waals surface area contributed by atoms with Crippen LogP contribution in [-0.4, -0.2) is 41.8 Å². The monoisotopic (exact) mass is 462 g/mol. The Hall–Kier alpha value is -3.56. The lowest BCUT2D eigenvalue weighted by Gasteiger charge is -2.12. The zero-order valence-electron chi connectivity index (χ0n) is 19.2. The third-order valence-corrected chi connectivity index (χ3v) is 6.75. The molecular weight excluding hydrogens is 432 g/mol. The number of carbonyl (C=O) groups is 2. The standard InChI is InChI=1S/C24H30N8O2/c33-23(15-31-13-21(27-29-31)17-7-1-2-8-17)25-19-11-5-6-12-20(19)26-24(34)16-32-14-22(28-30-32)18-9-3-4-10-18/h5-6,11-14,17-18H,1-4,7-10,15-16H2,(H,25,33)(H,26,34). The van der Waals surface area contributed by atoms with Gasteiger partial charge in [-0.05, 0) is 37.8 Å². The van der Waals surface area contributed by atoms with Crippen molar-refractivity contribution < 1.29 is 9.59 Å². The first-order chi connectivity index (χ1) is 16.6. The summed E-state index contributed by atoms with van der Waals surface area (Å²) in [4.78, 5) is 25.3. The number of benzene rings is 1. The van der Waals surface area contributed by atoms with Gasteiger partial charge in [-0.1, -0.05) is 48.2 Å². The van der Waals surface area contributed by atoms with Crippen LogP contribution in [0.15, 0.2) is 36.7 Å². The molecule has 0 unspecified atom stereocenters. The highest BCUT2D eigenvalue weighted by atomic mass is 16.2. The number of amides is 2. The Balaban J connectivity index is 1.17. The fraction of sp³-hybridized carbons (Fsp3) is 0.500. The summed E-state index contributed by atoms with van der Waals surface area (Å²) in [6.45, 7) is 0.121. The highest BCUT2D eigenvalue weighted by Gasteiger charge is 2.22. The summed E-state index contributed by atoms with van der Waals surface area (Å²) in [7, 11) is 0. The quantitative estimate of drug-likeness (QED) is 0.529. The summed E-state index contributed by atoms with van der Waals surface area (Å²) in [6, 6.07) is 7.13. The molecule has 2 heterocycles. The van der Waals surface area contributed by atoms with Crippen molar-refractivity contribution in [3.05, 3.63) is 48.0 Å². The van der Waals surface area contributed by atoms with E-state index < -0.39 is 0 Å². The van der Waals surface area contributed by atoms with E-state index in [0.29, 0.717) is 23.2 Å². The van der Waals surface area contributed by atoms with Gasteiger partial charge in [-0.15, -0.1) is 10.2 Å². The van der Waals surface area contributed by atoms with Crippen LogP contribution in [0, 0.1) is 0 Å². The van der Waals surface area contributed by atoms with E-state index in [2.05, 4.69) is 31.3 Å². The van der Waals surface area contributed by atoms with Crippen molar-refractivity contribution in [2.75, 3.05) is 10.6 Å². The van der Waals surface area contributed by atoms with Crippen LogP contribution < -0.4 is 10.6 Å². The van der Waals surface area contributed by atoms with Crippen LogP contribution in [0.1, 0.15) is 74.6 Å². The van der Waals surface area contributed by atoms with Crippen molar-refractivity contribution >= 4 is 23.2 Å². The van der Waals surface area contributed by atoms with E-state index in [1.54, 1.807) is 21.5 Å². The second-order valence-corrected chi connectivity index (χ2v) is 9.29. The molecule has 2 fully saturated rings. The highest BCUT2D eigenvalue weighted by Crippen LogP contribution is 2.33. The van der Waals surface area contributed by atoms with E-state index >= 15 is 0 Å². The average Bonchev–Trinajstić information content (AvgIpc) is 3.61. The summed E-state index contributed by atoms with van der Waals surface area (Å²) < 4.78 is 3.13. The molecule has 34 heavy (non-hydrogen) atoms. The Morgan fingerprint density at radius 1 is 0.735 bits per heavy atom. The lowest BCUT2D eigenvalue weighted by molar-refractivity contribution is -0.117. The molecule has 10 heteroatoms. The molecule has 0 aliphatic heterocycles. The number of aromatic nitrogens is 6. The first-order valence-electron chi connectivity index (χ1n) is 12.1. The Kier molecular flexibility index (Phi) is 6.64. The Morgan fingerprint density at radius 3 is 1.56 bits per heavy atom. The summed E-state index contributed by atoms with van der Waals surface area (Å²) in [5.74, 6) is 0.433. The van der Waals surface area contributed by atoms with E-state index in [9.17, 15) is 9.59 Å². The predicted molar refractivity (Wildman–Crippen MR) is 126 cm³/mol. The molecule has 0 bridgehead atoms. The van der Waals surface area contributed by atoms with Crippen LogP contribution in [0.4, 0.5) is 11.4 Å². The summed E-state index contributed by atoms with van der Waals surface area (Å²) in [5.41, 5.74) is 2.98. The fourth-order valence-corrected chi connectivity index (χ4v) is 4.97. The van der Waals surface area contributed by atoms with Crippen molar-refractivity contribution in [3.8, 4) is 0 Å². The molecule has 2 aromatic heterocycles. The molecule has 0 spiro atoms. The Bertz CT molecular complexity index is 1050. The molecule has 178 valence electrons. The van der Waals surface area contributed by atoms with Gasteiger partial charge in [0.25, 0.3) is 0 Å². The molecule has 2 aliphatic carbocycles. The molecule has 3 aromatic rings. The minimum absolute atomic E-state index is 0.0604. The molecule has 0 atom stereocenters. The van der Waals surface area contributed by atoms with Crippen molar-refractivity contribution in [2.24, 2.45) is 0 Å². The zero-order valence-corrected chi connectivity index (χ0v) is 19.2. The number of hydrogen-bond acceptors (Lipinski definition) is 6. The van der Waals surface area contributed by atoms with E-state index in [-0.39, 0.29) is 24.9 Å². The number of para-hydroxylation sites is 2. The summed E-state index contributed by atoms with van der Waals surface area (Å²) in [5, 5.41) is 22.5. The maximum atomic E-state index is 12.6. The van der Waals surface area contributed by atoms with Crippen LogP contribution in [0.25, 0.3) is 0 Å². The first-order valence-corrected chi connectivity index (χ1v) is 12.1. The second-order valence-electron chi connectivity index (χ2n) is 9.29. The van der Waals surface area contributed by atoms with Crippen molar-refractivity contribution in [3.63, 3.8) is 0 Å². The number of nitrogens with one attached hydrogen (secondary N) is 2. The molecular formula is C24H30N8O2.